The Labute approximate surface area is 199 Å². The van der Waals surface area contributed by atoms with Gasteiger partial charge in [0.25, 0.3) is 0 Å². The van der Waals surface area contributed by atoms with Crippen molar-refractivity contribution in [3.8, 4) is 39.9 Å². The van der Waals surface area contributed by atoms with Crippen molar-refractivity contribution in [1.82, 2.24) is 20.4 Å². The summed E-state index contributed by atoms with van der Waals surface area (Å²) in [6, 6.07) is 7.71. The zero-order chi connectivity index (χ0) is 24.1. The average Bonchev–Trinajstić information content (AvgIpc) is 3.00. The number of hydrogen-bond acceptors (Lipinski definition) is 7. The molecular weight excluding hydrogens is 435 g/mol. The summed E-state index contributed by atoms with van der Waals surface area (Å²) >= 11 is 0. The van der Waals surface area contributed by atoms with Crippen LogP contribution in [0.15, 0.2) is 36.5 Å². The van der Waals surface area contributed by atoms with Crippen LogP contribution in [0.1, 0.15) is 58.8 Å². The van der Waals surface area contributed by atoms with Gasteiger partial charge in [-0.1, -0.05) is 26.7 Å². The van der Waals surface area contributed by atoms with Gasteiger partial charge in [-0.15, -0.1) is 15.3 Å². The minimum atomic E-state index is -0.618. The van der Waals surface area contributed by atoms with Crippen molar-refractivity contribution in [1.29, 1.82) is 0 Å². The molecule has 0 spiro atoms. The molecule has 2 aromatic heterocycles. The molecule has 0 saturated heterocycles. The quantitative estimate of drug-likeness (QED) is 0.429. The van der Waals surface area contributed by atoms with Crippen molar-refractivity contribution >= 4 is 0 Å². The van der Waals surface area contributed by atoms with Gasteiger partial charge < -0.3 is 14.6 Å². The fourth-order valence-corrected chi connectivity index (χ4v) is 4.91. The molecular formula is C26H31FN4O3. The number of hydrogen-bond donors (Lipinski definition) is 1. The predicted molar refractivity (Wildman–Crippen MR) is 127 cm³/mol. The molecule has 7 nitrogen and oxygen atoms in total. The molecule has 1 fully saturated rings. The Bertz CT molecular complexity index is 1100. The maximum Gasteiger partial charge on any atom is 0.233 e. The average molecular weight is 467 g/mol. The smallest absolute Gasteiger partial charge is 0.233 e. The van der Waals surface area contributed by atoms with Crippen molar-refractivity contribution < 1.29 is 19.0 Å². The topological polar surface area (TPSA) is 90.2 Å². The van der Waals surface area contributed by atoms with E-state index in [2.05, 4.69) is 34.2 Å². The highest BCUT2D eigenvalue weighted by atomic mass is 19.1. The second-order valence-electron chi connectivity index (χ2n) is 9.35. The number of aromatic nitrogens is 4. The molecule has 1 aromatic carbocycles. The normalized spacial score (nSPS) is 20.5. The van der Waals surface area contributed by atoms with E-state index in [1.54, 1.807) is 18.2 Å². The summed E-state index contributed by atoms with van der Waals surface area (Å²) in [7, 11) is 1.47. The molecule has 1 N–H and O–H groups in total. The fourth-order valence-electron chi connectivity index (χ4n) is 4.91. The van der Waals surface area contributed by atoms with Crippen molar-refractivity contribution in [3.63, 3.8) is 0 Å². The van der Waals surface area contributed by atoms with Crippen LogP contribution in [0.3, 0.4) is 0 Å². The number of benzene rings is 1. The summed E-state index contributed by atoms with van der Waals surface area (Å²) in [6.07, 6.45) is 9.49. The Balaban J connectivity index is 1.52. The van der Waals surface area contributed by atoms with Crippen molar-refractivity contribution in [2.45, 2.75) is 64.9 Å². The molecule has 180 valence electrons. The minimum absolute atomic E-state index is 0.0123. The highest BCUT2D eigenvalue weighted by Gasteiger charge is 2.31. The van der Waals surface area contributed by atoms with Crippen LogP contribution in [0, 0.1) is 11.2 Å². The first-order valence-corrected chi connectivity index (χ1v) is 11.8. The molecule has 34 heavy (non-hydrogen) atoms. The maximum atomic E-state index is 15.0. The molecule has 8 heteroatoms. The largest absolute Gasteiger partial charge is 0.507 e. The van der Waals surface area contributed by atoms with Gasteiger partial charge in [-0.05, 0) is 61.3 Å². The van der Waals surface area contributed by atoms with Crippen molar-refractivity contribution in [3.05, 3.63) is 42.3 Å². The van der Waals surface area contributed by atoms with E-state index in [1.165, 1.54) is 44.7 Å². The summed E-state index contributed by atoms with van der Waals surface area (Å²) in [6.45, 7) is 4.57. The number of ether oxygens (including phenoxy) is 2. The standard InChI is InChI=1S/C26H31FN4O3/c1-4-10-26(2)11-6-5-7-19(15-26)34-23-9-8-21(29-31-23)25-20(27)12-17(13-22(25)32)18-14-24(33-3)30-28-16-18/h8-9,12-14,16,19,32H,4-7,10-11,15H2,1-3H3/t19-,26+/m0/s1. The SMILES string of the molecule is CCC[C@]1(C)CCCC[C@H](Oc2ccc(-c3c(O)cc(-c4cnnc(OC)c4)cc3F)nn2)C1. The molecule has 1 aliphatic carbocycles. The minimum Gasteiger partial charge on any atom is -0.507 e. The van der Waals surface area contributed by atoms with E-state index in [1.807, 2.05) is 0 Å². The van der Waals surface area contributed by atoms with E-state index in [4.69, 9.17) is 9.47 Å². The van der Waals surface area contributed by atoms with E-state index in [9.17, 15) is 5.11 Å². The number of methoxy groups -OCH3 is 1. The molecule has 0 radical (unpaired) electrons. The molecule has 1 saturated carbocycles. The van der Waals surface area contributed by atoms with E-state index in [0.717, 1.165) is 25.7 Å². The van der Waals surface area contributed by atoms with Gasteiger partial charge in [0.05, 0.1) is 24.6 Å². The summed E-state index contributed by atoms with van der Waals surface area (Å²) in [5.41, 5.74) is 1.52. The molecule has 2 atom stereocenters. The molecule has 4 rings (SSSR count). The van der Waals surface area contributed by atoms with Crippen molar-refractivity contribution in [2.75, 3.05) is 7.11 Å². The summed E-state index contributed by atoms with van der Waals surface area (Å²) in [5, 5.41) is 26.5. The molecule has 2 heterocycles. The third kappa shape index (κ3) is 5.43. The lowest BCUT2D eigenvalue weighted by atomic mass is 9.78. The molecule has 0 unspecified atom stereocenters. The molecule has 0 bridgehead atoms. The van der Waals surface area contributed by atoms with Crippen LogP contribution in [0.2, 0.25) is 0 Å². The van der Waals surface area contributed by atoms with Crippen LogP contribution in [-0.4, -0.2) is 38.7 Å². The molecule has 0 aliphatic heterocycles. The third-order valence-corrected chi connectivity index (χ3v) is 6.56. The van der Waals surface area contributed by atoms with Crippen LogP contribution >= 0.6 is 0 Å². The van der Waals surface area contributed by atoms with E-state index in [0.29, 0.717) is 22.9 Å². The lowest BCUT2D eigenvalue weighted by Gasteiger charge is -2.30. The second-order valence-corrected chi connectivity index (χ2v) is 9.35. The fraction of sp³-hybridized carbons (Fsp3) is 0.462. The van der Waals surface area contributed by atoms with Gasteiger partial charge in [0.2, 0.25) is 11.8 Å². The van der Waals surface area contributed by atoms with Crippen LogP contribution in [-0.2, 0) is 0 Å². The summed E-state index contributed by atoms with van der Waals surface area (Å²) in [4.78, 5) is 0. The highest BCUT2D eigenvalue weighted by molar-refractivity contribution is 5.74. The first-order valence-electron chi connectivity index (χ1n) is 11.8. The van der Waals surface area contributed by atoms with Gasteiger partial charge in [-0.25, -0.2) is 4.39 Å². The van der Waals surface area contributed by atoms with Gasteiger partial charge >= 0.3 is 0 Å². The predicted octanol–water partition coefficient (Wildman–Crippen LogP) is 5.97. The third-order valence-electron chi connectivity index (χ3n) is 6.56. The lowest BCUT2D eigenvalue weighted by molar-refractivity contribution is 0.118. The molecule has 0 amide bonds. The first-order chi connectivity index (χ1) is 16.4. The Morgan fingerprint density at radius 2 is 1.94 bits per heavy atom. The molecule has 1 aliphatic rings. The van der Waals surface area contributed by atoms with E-state index >= 15 is 4.39 Å². The highest BCUT2D eigenvalue weighted by Crippen LogP contribution is 2.40. The van der Waals surface area contributed by atoms with Gasteiger partial charge in [-0.3, -0.25) is 0 Å². The zero-order valence-corrected chi connectivity index (χ0v) is 19.9. The Kier molecular flexibility index (Phi) is 7.24. The Morgan fingerprint density at radius 1 is 1.09 bits per heavy atom. The second kappa shape index (κ2) is 10.3. The number of phenols is 1. The zero-order valence-electron chi connectivity index (χ0n) is 19.9. The summed E-state index contributed by atoms with van der Waals surface area (Å²) < 4.78 is 26.3. The van der Waals surface area contributed by atoms with Crippen LogP contribution < -0.4 is 9.47 Å². The number of rotatable bonds is 7. The first kappa shape index (κ1) is 23.9. The van der Waals surface area contributed by atoms with E-state index in [-0.39, 0.29) is 28.5 Å². The van der Waals surface area contributed by atoms with Crippen molar-refractivity contribution in [2.24, 2.45) is 5.41 Å². The Morgan fingerprint density at radius 3 is 2.65 bits per heavy atom. The van der Waals surface area contributed by atoms with Gasteiger partial charge in [0, 0.05) is 17.7 Å². The number of phenolic OH excluding ortho intramolecular Hbond substituents is 1. The number of nitrogens with zero attached hydrogens (tertiary/aromatic N) is 4. The number of aromatic hydroxyl groups is 1. The Hall–Kier alpha value is -3.29. The van der Waals surface area contributed by atoms with Crippen LogP contribution in [0.5, 0.6) is 17.5 Å². The van der Waals surface area contributed by atoms with Gasteiger partial charge in [0.1, 0.15) is 17.7 Å². The van der Waals surface area contributed by atoms with E-state index < -0.39 is 5.82 Å². The summed E-state index contributed by atoms with van der Waals surface area (Å²) in [5.74, 6) is -0.145. The monoisotopic (exact) mass is 466 g/mol. The van der Waals surface area contributed by atoms with Gasteiger partial charge in [0.15, 0.2) is 0 Å². The lowest BCUT2D eigenvalue weighted by Crippen LogP contribution is -2.25. The number of halogens is 1. The molecule has 3 aromatic rings. The van der Waals surface area contributed by atoms with Gasteiger partial charge in [-0.2, -0.15) is 5.10 Å². The maximum absolute atomic E-state index is 15.0. The van der Waals surface area contributed by atoms with Crippen LogP contribution in [0.25, 0.3) is 22.4 Å². The van der Waals surface area contributed by atoms with Crippen LogP contribution in [0.4, 0.5) is 4.39 Å².